The largest absolute Gasteiger partial charge is 0.497 e. The van der Waals surface area contributed by atoms with Gasteiger partial charge in [-0.2, -0.15) is 0 Å². The summed E-state index contributed by atoms with van der Waals surface area (Å²) in [7, 11) is 1.66. The van der Waals surface area contributed by atoms with Gasteiger partial charge in [0.1, 0.15) is 5.75 Å². The van der Waals surface area contributed by atoms with E-state index >= 15 is 0 Å². The standard InChI is InChI=1S/C16H25NO2/c1-4-16(2,17-10-5-6-11-17)15(18)13-8-7-9-14(12-13)19-3/h7-9,12,15,18H,4-6,10-11H2,1-3H3. The van der Waals surface area contributed by atoms with Gasteiger partial charge in [-0.25, -0.2) is 0 Å². The molecule has 3 heteroatoms. The molecular weight excluding hydrogens is 238 g/mol. The Morgan fingerprint density at radius 2 is 2.05 bits per heavy atom. The number of aliphatic hydroxyl groups excluding tert-OH is 1. The first-order chi connectivity index (χ1) is 9.11. The van der Waals surface area contributed by atoms with Crippen LogP contribution in [0.5, 0.6) is 5.75 Å². The fourth-order valence-electron chi connectivity index (χ4n) is 2.99. The summed E-state index contributed by atoms with van der Waals surface area (Å²) in [5.41, 5.74) is 0.749. The van der Waals surface area contributed by atoms with Crippen molar-refractivity contribution in [3.8, 4) is 5.75 Å². The lowest BCUT2D eigenvalue weighted by Crippen LogP contribution is -2.48. The summed E-state index contributed by atoms with van der Waals surface area (Å²) in [6.07, 6.45) is 2.93. The van der Waals surface area contributed by atoms with E-state index in [1.807, 2.05) is 24.3 Å². The van der Waals surface area contributed by atoms with Gasteiger partial charge in [-0.1, -0.05) is 19.1 Å². The molecule has 2 unspecified atom stereocenters. The van der Waals surface area contributed by atoms with Gasteiger partial charge in [0.05, 0.1) is 13.2 Å². The Kier molecular flexibility index (Phi) is 4.48. The van der Waals surface area contributed by atoms with Crippen LogP contribution < -0.4 is 4.74 Å². The van der Waals surface area contributed by atoms with Crippen LogP contribution in [-0.2, 0) is 0 Å². The van der Waals surface area contributed by atoms with Crippen LogP contribution in [0.2, 0.25) is 0 Å². The van der Waals surface area contributed by atoms with Crippen molar-refractivity contribution in [3.63, 3.8) is 0 Å². The molecule has 1 fully saturated rings. The highest BCUT2D eigenvalue weighted by Gasteiger charge is 2.39. The van der Waals surface area contributed by atoms with E-state index in [0.717, 1.165) is 30.8 Å². The highest BCUT2D eigenvalue weighted by molar-refractivity contribution is 5.31. The zero-order valence-electron chi connectivity index (χ0n) is 12.2. The average Bonchev–Trinajstić information content (AvgIpc) is 3.00. The predicted octanol–water partition coefficient (Wildman–Crippen LogP) is 2.99. The van der Waals surface area contributed by atoms with Crippen LogP contribution in [-0.4, -0.2) is 35.7 Å². The molecule has 0 saturated carbocycles. The van der Waals surface area contributed by atoms with Crippen LogP contribution in [0.25, 0.3) is 0 Å². The third-order valence-electron chi connectivity index (χ3n) is 4.54. The van der Waals surface area contributed by atoms with Crippen LogP contribution in [0, 0.1) is 0 Å². The summed E-state index contributed by atoms with van der Waals surface area (Å²) in [6, 6.07) is 7.78. The number of hydrogen-bond acceptors (Lipinski definition) is 3. The quantitative estimate of drug-likeness (QED) is 0.886. The highest BCUT2D eigenvalue weighted by Crippen LogP contribution is 2.37. The van der Waals surface area contributed by atoms with Crippen molar-refractivity contribution < 1.29 is 9.84 Å². The molecule has 1 heterocycles. The molecule has 0 aromatic heterocycles. The molecule has 1 saturated heterocycles. The minimum Gasteiger partial charge on any atom is -0.497 e. The first kappa shape index (κ1) is 14.4. The lowest BCUT2D eigenvalue weighted by molar-refractivity contribution is -0.0140. The maximum atomic E-state index is 10.8. The molecule has 2 atom stereocenters. The molecule has 0 amide bonds. The van der Waals surface area contributed by atoms with Crippen LogP contribution in [0.3, 0.4) is 0 Å². The van der Waals surface area contributed by atoms with E-state index in [1.165, 1.54) is 12.8 Å². The summed E-state index contributed by atoms with van der Waals surface area (Å²) in [5.74, 6) is 0.802. The van der Waals surface area contributed by atoms with E-state index in [-0.39, 0.29) is 5.54 Å². The molecule has 0 aliphatic carbocycles. The number of aliphatic hydroxyl groups is 1. The first-order valence-electron chi connectivity index (χ1n) is 7.19. The molecule has 0 bridgehead atoms. The molecule has 3 nitrogen and oxygen atoms in total. The number of nitrogens with zero attached hydrogens (tertiary/aromatic N) is 1. The zero-order chi connectivity index (χ0) is 13.9. The van der Waals surface area contributed by atoms with Gasteiger partial charge in [-0.15, -0.1) is 0 Å². The van der Waals surface area contributed by atoms with Gasteiger partial charge in [-0.3, -0.25) is 4.90 Å². The molecule has 2 rings (SSSR count). The topological polar surface area (TPSA) is 32.7 Å². The Hall–Kier alpha value is -1.06. The van der Waals surface area contributed by atoms with Gasteiger partial charge >= 0.3 is 0 Å². The molecule has 106 valence electrons. The van der Waals surface area contributed by atoms with Gasteiger partial charge in [-0.05, 0) is 57.0 Å². The van der Waals surface area contributed by atoms with Gasteiger partial charge < -0.3 is 9.84 Å². The molecule has 1 N–H and O–H groups in total. The van der Waals surface area contributed by atoms with Crippen LogP contribution in [0.4, 0.5) is 0 Å². The summed E-state index contributed by atoms with van der Waals surface area (Å²) in [5, 5.41) is 10.8. The SMILES string of the molecule is CCC(C)(C(O)c1cccc(OC)c1)N1CCCC1. The fraction of sp³-hybridized carbons (Fsp3) is 0.625. The molecule has 1 aliphatic heterocycles. The number of methoxy groups -OCH3 is 1. The monoisotopic (exact) mass is 263 g/mol. The van der Waals surface area contributed by atoms with E-state index in [2.05, 4.69) is 18.7 Å². The van der Waals surface area contributed by atoms with Crippen LogP contribution in [0.1, 0.15) is 44.8 Å². The zero-order valence-corrected chi connectivity index (χ0v) is 12.2. The lowest BCUT2D eigenvalue weighted by atomic mass is 9.85. The molecule has 1 aromatic carbocycles. The molecule has 0 radical (unpaired) electrons. The molecular formula is C16H25NO2. The fourth-order valence-corrected chi connectivity index (χ4v) is 2.99. The van der Waals surface area contributed by atoms with Gasteiger partial charge in [0.15, 0.2) is 0 Å². The average molecular weight is 263 g/mol. The second kappa shape index (κ2) is 5.93. The van der Waals surface area contributed by atoms with Crippen LogP contribution in [0.15, 0.2) is 24.3 Å². The third kappa shape index (κ3) is 2.77. The number of hydrogen-bond donors (Lipinski definition) is 1. The highest BCUT2D eigenvalue weighted by atomic mass is 16.5. The van der Waals surface area contributed by atoms with Crippen molar-refractivity contribution in [2.45, 2.75) is 44.8 Å². The van der Waals surface area contributed by atoms with Crippen LogP contribution >= 0.6 is 0 Å². The molecule has 1 aliphatic rings. The minimum absolute atomic E-state index is 0.192. The van der Waals surface area contributed by atoms with Crippen molar-refractivity contribution in [3.05, 3.63) is 29.8 Å². The molecule has 19 heavy (non-hydrogen) atoms. The minimum atomic E-state index is -0.481. The number of ether oxygens (including phenoxy) is 1. The Morgan fingerprint density at radius 3 is 2.63 bits per heavy atom. The van der Waals surface area contributed by atoms with Crippen molar-refractivity contribution in [1.82, 2.24) is 4.90 Å². The second-order valence-corrected chi connectivity index (χ2v) is 5.58. The van der Waals surface area contributed by atoms with Crippen molar-refractivity contribution in [2.24, 2.45) is 0 Å². The van der Waals surface area contributed by atoms with Gasteiger partial charge in [0, 0.05) is 5.54 Å². The van der Waals surface area contributed by atoms with Gasteiger partial charge in [0.25, 0.3) is 0 Å². The normalized spacial score (nSPS) is 21.1. The van der Waals surface area contributed by atoms with E-state index in [1.54, 1.807) is 7.11 Å². The smallest absolute Gasteiger partial charge is 0.119 e. The van der Waals surface area contributed by atoms with Gasteiger partial charge in [0.2, 0.25) is 0 Å². The molecule has 0 spiro atoms. The first-order valence-corrected chi connectivity index (χ1v) is 7.19. The third-order valence-corrected chi connectivity index (χ3v) is 4.54. The predicted molar refractivity (Wildman–Crippen MR) is 77.5 cm³/mol. The Bertz CT molecular complexity index is 415. The van der Waals surface area contributed by atoms with E-state index in [4.69, 9.17) is 4.74 Å². The second-order valence-electron chi connectivity index (χ2n) is 5.58. The summed E-state index contributed by atoms with van der Waals surface area (Å²) in [4.78, 5) is 2.43. The lowest BCUT2D eigenvalue weighted by Gasteiger charge is -2.42. The van der Waals surface area contributed by atoms with E-state index in [0.29, 0.717) is 0 Å². The maximum absolute atomic E-state index is 10.8. The Labute approximate surface area is 116 Å². The number of likely N-dealkylation sites (tertiary alicyclic amines) is 1. The van der Waals surface area contributed by atoms with E-state index < -0.39 is 6.10 Å². The van der Waals surface area contributed by atoms with Crippen molar-refractivity contribution in [1.29, 1.82) is 0 Å². The summed E-state index contributed by atoms with van der Waals surface area (Å²) in [6.45, 7) is 6.50. The Morgan fingerprint density at radius 1 is 1.37 bits per heavy atom. The van der Waals surface area contributed by atoms with Crippen molar-refractivity contribution in [2.75, 3.05) is 20.2 Å². The number of benzene rings is 1. The summed E-state index contributed by atoms with van der Waals surface area (Å²) >= 11 is 0. The maximum Gasteiger partial charge on any atom is 0.119 e. The Balaban J connectivity index is 2.25. The molecule has 1 aromatic rings. The summed E-state index contributed by atoms with van der Waals surface area (Å²) < 4.78 is 5.25. The van der Waals surface area contributed by atoms with Crippen molar-refractivity contribution >= 4 is 0 Å². The van der Waals surface area contributed by atoms with E-state index in [9.17, 15) is 5.11 Å². The number of rotatable bonds is 5.